The quantitative estimate of drug-likeness (QED) is 0.189. The number of hydrogen-bond acceptors (Lipinski definition) is 12. The average Bonchev–Trinajstić information content (AvgIpc) is 3.15. The largest absolute Gasteiger partial charge is 0.490 e. The van der Waals surface area contributed by atoms with E-state index in [0.717, 1.165) is 0 Å². The van der Waals surface area contributed by atoms with Gasteiger partial charge >= 0.3 is 23.5 Å². The summed E-state index contributed by atoms with van der Waals surface area (Å²) in [5, 5.41) is 10.5. The number of aliphatic hydroxyl groups excluding tert-OH is 1. The van der Waals surface area contributed by atoms with Gasteiger partial charge in [0.25, 0.3) is 5.56 Å². The Morgan fingerprint density at radius 1 is 1.22 bits per heavy atom. The first-order chi connectivity index (χ1) is 14.7. The molecule has 5 atom stereocenters. The topological polar surface area (TPSA) is 279 Å². The second-order valence-corrected chi connectivity index (χ2v) is 10.8. The lowest BCUT2D eigenvalue weighted by molar-refractivity contribution is 0.0228. The van der Waals surface area contributed by atoms with Crippen LogP contribution >= 0.6 is 23.5 Å². The van der Waals surface area contributed by atoms with Crippen LogP contribution in [-0.4, -0.2) is 69.6 Å². The fourth-order valence-electron chi connectivity index (χ4n) is 2.94. The molecule has 1 fully saturated rings. The van der Waals surface area contributed by atoms with Gasteiger partial charge in [-0.2, -0.15) is 13.6 Å². The number of aromatic nitrogens is 4. The van der Waals surface area contributed by atoms with Crippen LogP contribution < -0.4 is 11.3 Å². The number of ether oxygens (including phenoxy) is 1. The second-order valence-electron chi connectivity index (χ2n) is 6.42. The number of aliphatic hydroxyl groups is 1. The van der Waals surface area contributed by atoms with Crippen LogP contribution in [-0.2, 0) is 31.6 Å². The molecular weight excluding hydrogens is 503 g/mol. The van der Waals surface area contributed by atoms with Crippen molar-refractivity contribution in [3.63, 3.8) is 0 Å². The molecule has 18 nitrogen and oxygen atoms in total. The number of rotatable bonds is 9. The van der Waals surface area contributed by atoms with Crippen molar-refractivity contribution in [1.29, 1.82) is 0 Å². The molecule has 8 N–H and O–H groups in total. The van der Waals surface area contributed by atoms with Gasteiger partial charge in [0.1, 0.15) is 6.10 Å². The molecule has 0 aromatic carbocycles. The van der Waals surface area contributed by atoms with Crippen molar-refractivity contribution in [2.75, 3.05) is 18.9 Å². The Bertz CT molecular complexity index is 1190. The zero-order chi connectivity index (χ0) is 23.9. The highest BCUT2D eigenvalue weighted by atomic mass is 31.3. The van der Waals surface area contributed by atoms with Gasteiger partial charge < -0.3 is 39.7 Å². The third-order valence-corrected chi connectivity index (χ3v) is 7.97. The summed E-state index contributed by atoms with van der Waals surface area (Å²) in [4.78, 5) is 57.6. The van der Waals surface area contributed by atoms with Crippen molar-refractivity contribution in [3.05, 3.63) is 16.7 Å². The van der Waals surface area contributed by atoms with Crippen molar-refractivity contribution in [3.8, 4) is 0 Å². The number of anilines is 1. The predicted octanol–water partition coefficient (Wildman–Crippen LogP) is -1.26. The third kappa shape index (κ3) is 6.08. The van der Waals surface area contributed by atoms with Crippen LogP contribution in [0.2, 0.25) is 0 Å². The maximum atomic E-state index is 11.9. The molecule has 0 aliphatic carbocycles. The second kappa shape index (κ2) is 9.02. The average molecular weight is 521 g/mol. The molecule has 180 valence electrons. The van der Waals surface area contributed by atoms with Gasteiger partial charge in [-0.15, -0.1) is 0 Å². The fraction of sp³-hybridized carbons (Fsp3) is 0.545. The Kier molecular flexibility index (Phi) is 7.08. The van der Waals surface area contributed by atoms with Crippen molar-refractivity contribution in [2.45, 2.75) is 24.7 Å². The summed E-state index contributed by atoms with van der Waals surface area (Å²) in [6, 6.07) is -0.745. The van der Waals surface area contributed by atoms with Crippen LogP contribution in [0, 0.1) is 0 Å². The molecule has 32 heavy (non-hydrogen) atoms. The normalized spacial score (nSPS) is 25.6. The zero-order valence-electron chi connectivity index (χ0n) is 15.7. The van der Waals surface area contributed by atoms with Crippen LogP contribution in [0.15, 0.2) is 11.1 Å². The molecule has 0 radical (unpaired) electrons. The van der Waals surface area contributed by atoms with E-state index in [1.807, 2.05) is 0 Å². The minimum Gasteiger partial charge on any atom is -0.388 e. The lowest BCUT2D eigenvalue weighted by atomic mass is 10.1. The molecule has 0 bridgehead atoms. The SMILES string of the molecule is Nc1nc2c(ncn2[C@H]2CO[C@@H](CCOP(=O)(O)OP(=O)(O)OP(=O)(O)O)[C@@H]2O)c(=O)[nH]1. The van der Waals surface area contributed by atoms with Crippen molar-refractivity contribution < 1.29 is 56.3 Å². The number of phosphoric ester groups is 1. The molecule has 3 rings (SSSR count). The fourth-order valence-corrected chi connectivity index (χ4v) is 5.97. The van der Waals surface area contributed by atoms with E-state index in [1.165, 1.54) is 10.9 Å². The van der Waals surface area contributed by atoms with E-state index in [2.05, 4.69) is 28.1 Å². The Labute approximate surface area is 177 Å². The van der Waals surface area contributed by atoms with Gasteiger partial charge in [-0.3, -0.25) is 14.3 Å². The number of aromatic amines is 1. The summed E-state index contributed by atoms with van der Waals surface area (Å²) < 4.78 is 52.0. The number of H-pyrrole nitrogens is 1. The molecule has 1 aliphatic rings. The molecule has 2 aromatic rings. The van der Waals surface area contributed by atoms with E-state index in [-0.39, 0.29) is 30.1 Å². The minimum absolute atomic E-state index is 0.0116. The number of nitrogens with two attached hydrogens (primary N) is 1. The summed E-state index contributed by atoms with van der Waals surface area (Å²) in [5.41, 5.74) is 5.04. The number of nitrogens with zero attached hydrogens (tertiary/aromatic N) is 3. The minimum atomic E-state index is -5.63. The van der Waals surface area contributed by atoms with Gasteiger partial charge in [0, 0.05) is 6.42 Å². The Balaban J connectivity index is 1.60. The van der Waals surface area contributed by atoms with Gasteiger partial charge in [-0.1, -0.05) is 0 Å². The maximum absolute atomic E-state index is 11.9. The van der Waals surface area contributed by atoms with E-state index in [0.29, 0.717) is 0 Å². The van der Waals surface area contributed by atoms with Gasteiger partial charge in [-0.25, -0.2) is 18.7 Å². The Morgan fingerprint density at radius 2 is 1.91 bits per heavy atom. The summed E-state index contributed by atoms with van der Waals surface area (Å²) in [7, 11) is -16.4. The lowest BCUT2D eigenvalue weighted by Gasteiger charge is -2.19. The molecular formula is C11H18N5O13P3. The van der Waals surface area contributed by atoms with E-state index in [4.69, 9.17) is 25.2 Å². The van der Waals surface area contributed by atoms with Crippen molar-refractivity contribution in [2.24, 2.45) is 0 Å². The Hall–Kier alpha value is -1.52. The molecule has 0 saturated carbocycles. The first kappa shape index (κ1) is 25.1. The molecule has 0 amide bonds. The Morgan fingerprint density at radius 3 is 2.56 bits per heavy atom. The highest BCUT2D eigenvalue weighted by molar-refractivity contribution is 7.66. The highest BCUT2D eigenvalue weighted by Gasteiger charge is 2.42. The number of nitrogens with one attached hydrogen (secondary N) is 1. The first-order valence-corrected chi connectivity index (χ1v) is 13.0. The predicted molar refractivity (Wildman–Crippen MR) is 102 cm³/mol. The molecule has 2 unspecified atom stereocenters. The number of nitrogen functional groups attached to an aromatic ring is 1. The number of imidazole rings is 1. The van der Waals surface area contributed by atoms with E-state index in [9.17, 15) is 28.5 Å². The van der Waals surface area contributed by atoms with Gasteiger partial charge in [0.05, 0.1) is 31.7 Å². The van der Waals surface area contributed by atoms with Crippen molar-refractivity contribution in [1.82, 2.24) is 19.5 Å². The van der Waals surface area contributed by atoms with Crippen LogP contribution in [0.25, 0.3) is 11.2 Å². The molecule has 2 aromatic heterocycles. The van der Waals surface area contributed by atoms with Crippen LogP contribution in [0.1, 0.15) is 12.5 Å². The molecule has 1 saturated heterocycles. The molecule has 1 aliphatic heterocycles. The lowest BCUT2D eigenvalue weighted by Crippen LogP contribution is -2.29. The summed E-state index contributed by atoms with van der Waals surface area (Å²) in [6.07, 6.45) is -1.09. The highest BCUT2D eigenvalue weighted by Crippen LogP contribution is 2.66. The van der Waals surface area contributed by atoms with Gasteiger partial charge in [0.2, 0.25) is 5.95 Å². The molecule has 3 heterocycles. The van der Waals surface area contributed by atoms with Gasteiger partial charge in [0.15, 0.2) is 11.2 Å². The number of phosphoric acid groups is 3. The maximum Gasteiger partial charge on any atom is 0.490 e. The summed E-state index contributed by atoms with van der Waals surface area (Å²) >= 11 is 0. The van der Waals surface area contributed by atoms with Crippen LogP contribution in [0.5, 0.6) is 0 Å². The number of hydrogen-bond donors (Lipinski definition) is 7. The van der Waals surface area contributed by atoms with Crippen LogP contribution in [0.4, 0.5) is 5.95 Å². The molecule has 21 heteroatoms. The zero-order valence-corrected chi connectivity index (χ0v) is 18.4. The summed E-state index contributed by atoms with van der Waals surface area (Å²) in [6.45, 7) is -0.686. The van der Waals surface area contributed by atoms with Gasteiger partial charge in [-0.05, 0) is 0 Å². The first-order valence-electron chi connectivity index (χ1n) is 8.48. The van der Waals surface area contributed by atoms with Crippen LogP contribution in [0.3, 0.4) is 0 Å². The van der Waals surface area contributed by atoms with E-state index < -0.39 is 53.9 Å². The molecule has 0 spiro atoms. The third-order valence-electron chi connectivity index (χ3n) is 4.14. The van der Waals surface area contributed by atoms with E-state index in [1.54, 1.807) is 0 Å². The smallest absolute Gasteiger partial charge is 0.388 e. The number of fused-ring (bicyclic) bond motifs is 1. The van der Waals surface area contributed by atoms with Crippen molar-refractivity contribution >= 4 is 40.6 Å². The standard InChI is InChI=1S/C11H18N5O13P3/c12-11-14-9-7(10(18)15-11)13-4-16(9)5-3-26-6(8(5)17)1-2-27-31(22,23)29-32(24,25)28-30(19,20)21/h4-6,8,17H,1-3H2,(H,22,23)(H,24,25)(H2,19,20,21)(H3,12,14,15,18)/t5-,6-,8+/m0/s1. The van der Waals surface area contributed by atoms with E-state index >= 15 is 0 Å². The summed E-state index contributed by atoms with van der Waals surface area (Å²) in [5.74, 6) is -0.162. The monoisotopic (exact) mass is 521 g/mol.